The Labute approximate surface area is 178 Å². The topological polar surface area (TPSA) is 72.9 Å². The molecule has 9 heteroatoms. The highest BCUT2D eigenvalue weighted by atomic mass is 35.5. The zero-order valence-corrected chi connectivity index (χ0v) is 17.8. The zero-order valence-electron chi connectivity index (χ0n) is 16.3. The number of nitrogens with one attached hydrogen (secondary N) is 1. The van der Waals surface area contributed by atoms with Gasteiger partial charge in [-0.3, -0.25) is 0 Å². The third kappa shape index (κ3) is 3.86. The van der Waals surface area contributed by atoms with Gasteiger partial charge in [0.05, 0.1) is 25.4 Å². The normalized spacial score (nSPS) is 12.1. The molecular formula is C20H19Cl2N5O2. The van der Waals surface area contributed by atoms with Crippen LogP contribution < -0.4 is 5.32 Å². The van der Waals surface area contributed by atoms with Crippen LogP contribution in [0.2, 0.25) is 10.2 Å². The Morgan fingerprint density at radius 2 is 2.03 bits per heavy atom. The summed E-state index contributed by atoms with van der Waals surface area (Å²) in [6, 6.07) is 5.01. The van der Waals surface area contributed by atoms with Gasteiger partial charge < -0.3 is 10.1 Å². The molecule has 0 aliphatic carbocycles. The van der Waals surface area contributed by atoms with Gasteiger partial charge in [0.25, 0.3) is 0 Å². The highest BCUT2D eigenvalue weighted by Crippen LogP contribution is 2.40. The molecular weight excluding hydrogens is 413 g/mol. The number of hydrogen-bond acceptors (Lipinski definition) is 5. The molecule has 0 spiro atoms. The Kier molecular flexibility index (Phi) is 5.96. The Morgan fingerprint density at radius 3 is 2.62 bits per heavy atom. The number of benzene rings is 1. The van der Waals surface area contributed by atoms with Crippen LogP contribution in [0.3, 0.4) is 0 Å². The first-order valence-electron chi connectivity index (χ1n) is 8.88. The number of esters is 1. The minimum atomic E-state index is -0.557. The molecule has 150 valence electrons. The molecule has 29 heavy (non-hydrogen) atoms. The summed E-state index contributed by atoms with van der Waals surface area (Å²) in [6.45, 7) is 13.4. The number of ether oxygens (including phenoxy) is 1. The average molecular weight is 432 g/mol. The predicted molar refractivity (Wildman–Crippen MR) is 114 cm³/mol. The lowest BCUT2D eigenvalue weighted by Crippen LogP contribution is -2.24. The number of carbonyl (C=O) groups is 1. The van der Waals surface area contributed by atoms with E-state index in [0.717, 1.165) is 0 Å². The van der Waals surface area contributed by atoms with E-state index in [2.05, 4.69) is 34.1 Å². The van der Waals surface area contributed by atoms with E-state index in [-0.39, 0.29) is 22.4 Å². The third-order valence-corrected chi connectivity index (χ3v) is 5.31. The van der Waals surface area contributed by atoms with Crippen molar-refractivity contribution >= 4 is 46.3 Å². The number of aromatic nitrogens is 3. The fourth-order valence-electron chi connectivity index (χ4n) is 2.75. The van der Waals surface area contributed by atoms with E-state index in [1.165, 1.54) is 17.8 Å². The van der Waals surface area contributed by atoms with E-state index in [1.807, 2.05) is 6.92 Å². The molecule has 0 aliphatic rings. The van der Waals surface area contributed by atoms with Gasteiger partial charge in [0.2, 0.25) is 0 Å². The van der Waals surface area contributed by atoms with Crippen LogP contribution in [-0.2, 0) is 4.74 Å². The van der Waals surface area contributed by atoms with Crippen LogP contribution in [-0.4, -0.2) is 33.7 Å². The summed E-state index contributed by atoms with van der Waals surface area (Å²) in [5, 5.41) is 8.27. The highest BCUT2D eigenvalue weighted by Gasteiger charge is 2.24. The van der Waals surface area contributed by atoms with Crippen LogP contribution in [0.1, 0.15) is 31.1 Å². The molecule has 7 nitrogen and oxygen atoms in total. The van der Waals surface area contributed by atoms with Crippen molar-refractivity contribution in [2.45, 2.75) is 26.8 Å². The van der Waals surface area contributed by atoms with E-state index < -0.39 is 5.97 Å². The molecule has 0 saturated heterocycles. The van der Waals surface area contributed by atoms with Gasteiger partial charge in [0.1, 0.15) is 16.5 Å². The number of hydrogen-bond donors (Lipinski definition) is 1. The van der Waals surface area contributed by atoms with Gasteiger partial charge in [-0.05, 0) is 18.9 Å². The molecule has 0 amide bonds. The number of nitrogens with zero attached hydrogens (tertiary/aromatic N) is 4. The SMILES string of the molecule is [C-]#[N+]c1ccc(-c2c(Cl)nc3c(C(=O)OC)cnn3c2N[C@H](C)C(C)C)c(Cl)c1. The number of halogens is 2. The molecule has 0 bridgehead atoms. The van der Waals surface area contributed by atoms with Gasteiger partial charge >= 0.3 is 5.97 Å². The first-order valence-corrected chi connectivity index (χ1v) is 9.63. The molecule has 1 aromatic carbocycles. The number of methoxy groups -OCH3 is 1. The van der Waals surface area contributed by atoms with Crippen LogP contribution in [0.4, 0.5) is 11.5 Å². The maximum Gasteiger partial charge on any atom is 0.343 e. The van der Waals surface area contributed by atoms with Crippen molar-refractivity contribution in [3.63, 3.8) is 0 Å². The summed E-state index contributed by atoms with van der Waals surface area (Å²) >= 11 is 13.0. The lowest BCUT2D eigenvalue weighted by Gasteiger charge is -2.22. The lowest BCUT2D eigenvalue weighted by atomic mass is 10.0. The Balaban J connectivity index is 2.33. The van der Waals surface area contributed by atoms with E-state index >= 15 is 0 Å². The second kappa shape index (κ2) is 8.27. The summed E-state index contributed by atoms with van der Waals surface area (Å²) in [7, 11) is 1.29. The number of rotatable bonds is 5. The predicted octanol–water partition coefficient (Wildman–Crippen LogP) is 5.50. The minimum absolute atomic E-state index is 0.0579. The van der Waals surface area contributed by atoms with Crippen molar-refractivity contribution in [2.24, 2.45) is 5.92 Å². The second-order valence-electron chi connectivity index (χ2n) is 6.86. The quantitative estimate of drug-likeness (QED) is 0.328. The number of carbonyl (C=O) groups excluding carboxylic acids is 1. The molecule has 0 saturated carbocycles. The maximum absolute atomic E-state index is 12.1. The zero-order chi connectivity index (χ0) is 21.3. The van der Waals surface area contributed by atoms with Crippen LogP contribution in [0.15, 0.2) is 24.4 Å². The molecule has 0 unspecified atom stereocenters. The van der Waals surface area contributed by atoms with E-state index in [9.17, 15) is 4.79 Å². The van der Waals surface area contributed by atoms with Crippen LogP contribution in [0.5, 0.6) is 0 Å². The highest BCUT2D eigenvalue weighted by molar-refractivity contribution is 6.36. The van der Waals surface area contributed by atoms with Gasteiger partial charge in [-0.15, -0.1) is 0 Å². The van der Waals surface area contributed by atoms with Gasteiger partial charge in [0, 0.05) is 16.6 Å². The van der Waals surface area contributed by atoms with Gasteiger partial charge in [0.15, 0.2) is 11.3 Å². The molecule has 3 rings (SSSR count). The Hall–Kier alpha value is -2.82. The first-order chi connectivity index (χ1) is 13.8. The molecule has 0 aliphatic heterocycles. The minimum Gasteiger partial charge on any atom is -0.465 e. The third-order valence-electron chi connectivity index (χ3n) is 4.72. The van der Waals surface area contributed by atoms with Gasteiger partial charge in [-0.1, -0.05) is 49.2 Å². The lowest BCUT2D eigenvalue weighted by molar-refractivity contribution is 0.0602. The van der Waals surface area contributed by atoms with Crippen molar-refractivity contribution in [3.8, 4) is 11.1 Å². The number of fused-ring (bicyclic) bond motifs is 1. The summed E-state index contributed by atoms with van der Waals surface area (Å²) in [6.07, 6.45) is 1.39. The standard InChI is InChI=1S/C20H19Cl2N5O2/c1-10(2)11(3)25-19-16(13-7-6-12(23-4)8-15(13)21)17(22)26-18-14(20(28)29-5)9-24-27(18)19/h6-11,25H,1-3,5H3/t11-/m1/s1. The molecule has 2 heterocycles. The van der Waals surface area contributed by atoms with Crippen molar-refractivity contribution in [1.29, 1.82) is 0 Å². The number of anilines is 1. The van der Waals surface area contributed by atoms with Crippen molar-refractivity contribution in [3.05, 3.63) is 51.6 Å². The molecule has 1 N–H and O–H groups in total. The van der Waals surface area contributed by atoms with E-state index in [0.29, 0.717) is 33.6 Å². The van der Waals surface area contributed by atoms with Crippen LogP contribution in [0.25, 0.3) is 21.6 Å². The summed E-state index contributed by atoms with van der Waals surface area (Å²) in [4.78, 5) is 19.9. The van der Waals surface area contributed by atoms with Crippen LogP contribution >= 0.6 is 23.2 Å². The molecule has 0 radical (unpaired) electrons. The maximum atomic E-state index is 12.1. The van der Waals surface area contributed by atoms with Gasteiger partial charge in [-0.25, -0.2) is 14.6 Å². The first kappa shape index (κ1) is 20.9. The fraction of sp³-hybridized carbons (Fsp3) is 0.300. The summed E-state index contributed by atoms with van der Waals surface area (Å²) in [5.41, 5.74) is 2.04. The Morgan fingerprint density at radius 1 is 1.31 bits per heavy atom. The largest absolute Gasteiger partial charge is 0.465 e. The molecule has 1 atom stereocenters. The average Bonchev–Trinajstić information content (AvgIpc) is 3.11. The van der Waals surface area contributed by atoms with E-state index in [4.69, 9.17) is 34.5 Å². The van der Waals surface area contributed by atoms with Crippen LogP contribution in [0, 0.1) is 12.5 Å². The smallest absolute Gasteiger partial charge is 0.343 e. The molecule has 0 fully saturated rings. The van der Waals surface area contributed by atoms with E-state index in [1.54, 1.807) is 18.2 Å². The van der Waals surface area contributed by atoms with Crippen molar-refractivity contribution in [2.75, 3.05) is 12.4 Å². The summed E-state index contributed by atoms with van der Waals surface area (Å²) < 4.78 is 6.34. The molecule has 3 aromatic rings. The van der Waals surface area contributed by atoms with Crippen molar-refractivity contribution < 1.29 is 9.53 Å². The van der Waals surface area contributed by atoms with Gasteiger partial charge in [-0.2, -0.15) is 9.61 Å². The molecule has 2 aromatic heterocycles. The summed E-state index contributed by atoms with van der Waals surface area (Å²) in [5.74, 6) is 0.299. The van der Waals surface area contributed by atoms with Crippen molar-refractivity contribution in [1.82, 2.24) is 14.6 Å². The Bertz CT molecular complexity index is 1130. The fourth-order valence-corrected chi connectivity index (χ4v) is 3.29. The second-order valence-corrected chi connectivity index (χ2v) is 7.63. The monoisotopic (exact) mass is 431 g/mol.